The van der Waals surface area contributed by atoms with Crippen LogP contribution in [0.15, 0.2) is 17.0 Å². The molecule has 11 heteroatoms. The molecule has 0 bridgehead atoms. The summed E-state index contributed by atoms with van der Waals surface area (Å²) in [7, 11) is -3.95. The maximum absolute atomic E-state index is 12.7. The summed E-state index contributed by atoms with van der Waals surface area (Å²) < 4.78 is 31.5. The zero-order valence-electron chi connectivity index (χ0n) is 13.8. The average molecular weight is 392 g/mol. The van der Waals surface area contributed by atoms with Gasteiger partial charge in [0.15, 0.2) is 0 Å². The van der Waals surface area contributed by atoms with E-state index in [-0.39, 0.29) is 54.0 Å². The van der Waals surface area contributed by atoms with Crippen LogP contribution in [0, 0.1) is 17.0 Å². The van der Waals surface area contributed by atoms with Gasteiger partial charge in [-0.15, -0.1) is 0 Å². The molecule has 0 radical (unpaired) electrons. The molecular formula is C14H18ClN3O6S. The molecule has 138 valence electrons. The highest BCUT2D eigenvalue weighted by atomic mass is 35.5. The molecule has 9 nitrogen and oxygen atoms in total. The first-order valence-corrected chi connectivity index (χ1v) is 9.36. The van der Waals surface area contributed by atoms with Gasteiger partial charge in [0.1, 0.15) is 0 Å². The highest BCUT2D eigenvalue weighted by Crippen LogP contribution is 2.31. The maximum atomic E-state index is 12.7. The molecule has 1 fully saturated rings. The number of sulfonamides is 1. The summed E-state index contributed by atoms with van der Waals surface area (Å²) in [5, 5.41) is 11.1. The number of halogens is 1. The first-order chi connectivity index (χ1) is 11.7. The Labute approximate surface area is 150 Å². The van der Waals surface area contributed by atoms with Crippen molar-refractivity contribution in [2.75, 3.05) is 32.8 Å². The van der Waals surface area contributed by atoms with E-state index in [0.717, 1.165) is 6.07 Å². The van der Waals surface area contributed by atoms with E-state index in [1.807, 2.05) is 0 Å². The standard InChI is InChI=1S/C14H18ClN3O6S/c1-3-24-14(19)16-4-6-17(7-5-16)25(22,23)11-8-12(15)10(2)13(9-11)18(20)21/h8-9H,3-7H2,1-2H3. The smallest absolute Gasteiger partial charge is 0.409 e. The number of hydrogen-bond donors (Lipinski definition) is 0. The summed E-state index contributed by atoms with van der Waals surface area (Å²) in [4.78, 5) is 23.3. The molecule has 1 aliphatic rings. The number of amides is 1. The van der Waals surface area contributed by atoms with Gasteiger partial charge in [-0.25, -0.2) is 13.2 Å². The maximum Gasteiger partial charge on any atom is 0.409 e. The number of benzene rings is 1. The molecule has 1 saturated heterocycles. The van der Waals surface area contributed by atoms with Crippen molar-refractivity contribution < 1.29 is 22.9 Å². The Bertz CT molecular complexity index is 790. The van der Waals surface area contributed by atoms with E-state index in [9.17, 15) is 23.3 Å². The Hall–Kier alpha value is -1.91. The van der Waals surface area contributed by atoms with Gasteiger partial charge in [0.05, 0.1) is 21.4 Å². The monoisotopic (exact) mass is 391 g/mol. The SMILES string of the molecule is CCOC(=O)N1CCN(S(=O)(=O)c2cc(Cl)c(C)c([N+](=O)[O-])c2)CC1. The summed E-state index contributed by atoms with van der Waals surface area (Å²) >= 11 is 5.95. The molecule has 0 atom stereocenters. The van der Waals surface area contributed by atoms with Crippen LogP contribution in [0.1, 0.15) is 12.5 Å². The van der Waals surface area contributed by atoms with Gasteiger partial charge in [0.25, 0.3) is 5.69 Å². The van der Waals surface area contributed by atoms with E-state index in [2.05, 4.69) is 0 Å². The van der Waals surface area contributed by atoms with Crippen LogP contribution in [0.25, 0.3) is 0 Å². The lowest BCUT2D eigenvalue weighted by molar-refractivity contribution is -0.385. The van der Waals surface area contributed by atoms with Crippen molar-refractivity contribution in [3.8, 4) is 0 Å². The van der Waals surface area contributed by atoms with E-state index >= 15 is 0 Å². The molecule has 0 spiro atoms. The van der Waals surface area contributed by atoms with Crippen LogP contribution in [0.2, 0.25) is 5.02 Å². The number of carbonyl (C=O) groups excluding carboxylic acids is 1. The largest absolute Gasteiger partial charge is 0.450 e. The average Bonchev–Trinajstić information content (AvgIpc) is 2.57. The number of nitro benzene ring substituents is 1. The number of carbonyl (C=O) groups is 1. The van der Waals surface area contributed by atoms with Crippen LogP contribution >= 0.6 is 11.6 Å². The number of nitro groups is 1. The molecule has 1 aromatic rings. The minimum Gasteiger partial charge on any atom is -0.450 e. The van der Waals surface area contributed by atoms with Crippen molar-refractivity contribution in [1.82, 2.24) is 9.21 Å². The number of ether oxygens (including phenoxy) is 1. The van der Waals surface area contributed by atoms with E-state index in [0.29, 0.717) is 0 Å². The van der Waals surface area contributed by atoms with Gasteiger partial charge in [-0.2, -0.15) is 4.31 Å². The van der Waals surface area contributed by atoms with Crippen molar-refractivity contribution in [2.24, 2.45) is 0 Å². The van der Waals surface area contributed by atoms with Crippen molar-refractivity contribution in [3.05, 3.63) is 32.8 Å². The number of nitrogens with zero attached hydrogens (tertiary/aromatic N) is 3. The summed E-state index contributed by atoms with van der Waals surface area (Å²) in [6, 6.07) is 2.21. The number of hydrogen-bond acceptors (Lipinski definition) is 6. The van der Waals surface area contributed by atoms with Crippen LogP contribution in [0.5, 0.6) is 0 Å². The van der Waals surface area contributed by atoms with Crippen LogP contribution in [-0.4, -0.2) is 61.4 Å². The fraction of sp³-hybridized carbons (Fsp3) is 0.500. The molecule has 2 rings (SSSR count). The van der Waals surface area contributed by atoms with Crippen molar-refractivity contribution in [2.45, 2.75) is 18.7 Å². The molecule has 0 aromatic heterocycles. The minimum atomic E-state index is -3.95. The van der Waals surface area contributed by atoms with Gasteiger partial charge < -0.3 is 9.64 Å². The second-order valence-electron chi connectivity index (χ2n) is 5.40. The third kappa shape index (κ3) is 4.02. The highest BCUT2D eigenvalue weighted by molar-refractivity contribution is 7.89. The lowest BCUT2D eigenvalue weighted by Crippen LogP contribution is -2.50. The van der Waals surface area contributed by atoms with Crippen molar-refractivity contribution in [1.29, 1.82) is 0 Å². The molecule has 1 aromatic carbocycles. The van der Waals surface area contributed by atoms with Gasteiger partial charge >= 0.3 is 6.09 Å². The lowest BCUT2D eigenvalue weighted by Gasteiger charge is -2.33. The van der Waals surface area contributed by atoms with Crippen LogP contribution in [0.3, 0.4) is 0 Å². The summed E-state index contributed by atoms with van der Waals surface area (Å²) in [6.45, 7) is 3.88. The quantitative estimate of drug-likeness (QED) is 0.573. The first kappa shape index (κ1) is 19.4. The fourth-order valence-electron chi connectivity index (χ4n) is 2.45. The Kier molecular flexibility index (Phi) is 5.86. The zero-order valence-corrected chi connectivity index (χ0v) is 15.3. The summed E-state index contributed by atoms with van der Waals surface area (Å²) in [5.41, 5.74) is -0.144. The van der Waals surface area contributed by atoms with Gasteiger partial charge in [0.2, 0.25) is 10.0 Å². The molecule has 1 aliphatic heterocycles. The minimum absolute atomic E-state index is 0.0120. The molecule has 1 amide bonds. The predicted octanol–water partition coefficient (Wildman–Crippen LogP) is 2.02. The van der Waals surface area contributed by atoms with Crippen molar-refractivity contribution >= 4 is 33.4 Å². The van der Waals surface area contributed by atoms with Crippen LogP contribution in [0.4, 0.5) is 10.5 Å². The second-order valence-corrected chi connectivity index (χ2v) is 7.74. The Morgan fingerprint density at radius 3 is 2.44 bits per heavy atom. The first-order valence-electron chi connectivity index (χ1n) is 7.55. The molecule has 25 heavy (non-hydrogen) atoms. The fourth-order valence-corrected chi connectivity index (χ4v) is 4.20. The molecule has 0 saturated carbocycles. The topological polar surface area (TPSA) is 110 Å². The molecule has 0 N–H and O–H groups in total. The van der Waals surface area contributed by atoms with E-state index in [1.165, 1.54) is 22.2 Å². The summed E-state index contributed by atoms with van der Waals surface area (Å²) in [5.74, 6) is 0. The molecule has 1 heterocycles. The van der Waals surface area contributed by atoms with Crippen LogP contribution in [-0.2, 0) is 14.8 Å². The van der Waals surface area contributed by atoms with Gasteiger partial charge in [-0.1, -0.05) is 11.6 Å². The van der Waals surface area contributed by atoms with Crippen molar-refractivity contribution in [3.63, 3.8) is 0 Å². The summed E-state index contributed by atoms with van der Waals surface area (Å²) in [6.07, 6.45) is -0.492. The zero-order chi connectivity index (χ0) is 18.8. The number of rotatable bonds is 4. The third-order valence-electron chi connectivity index (χ3n) is 3.89. The Morgan fingerprint density at radius 2 is 1.92 bits per heavy atom. The third-order valence-corrected chi connectivity index (χ3v) is 6.16. The lowest BCUT2D eigenvalue weighted by atomic mass is 10.2. The normalized spacial score (nSPS) is 15.9. The highest BCUT2D eigenvalue weighted by Gasteiger charge is 2.32. The molecular weight excluding hydrogens is 374 g/mol. The Balaban J connectivity index is 2.23. The Morgan fingerprint density at radius 1 is 1.32 bits per heavy atom. The number of piperazine rings is 1. The van der Waals surface area contributed by atoms with Gasteiger partial charge in [-0.05, 0) is 19.9 Å². The molecule has 0 unspecified atom stereocenters. The van der Waals surface area contributed by atoms with E-state index in [4.69, 9.17) is 16.3 Å². The molecule has 0 aliphatic carbocycles. The van der Waals surface area contributed by atoms with Gasteiger partial charge in [0, 0.05) is 37.8 Å². The second kappa shape index (κ2) is 7.54. The van der Waals surface area contributed by atoms with Crippen LogP contribution < -0.4 is 0 Å². The van der Waals surface area contributed by atoms with Gasteiger partial charge in [-0.3, -0.25) is 10.1 Å². The predicted molar refractivity (Wildman–Crippen MR) is 90.2 cm³/mol. The van der Waals surface area contributed by atoms with E-state index < -0.39 is 21.0 Å². The van der Waals surface area contributed by atoms with E-state index in [1.54, 1.807) is 6.92 Å².